The molecule has 0 unspecified atom stereocenters. The zero-order valence-electron chi connectivity index (χ0n) is 17.1. The van der Waals surface area contributed by atoms with E-state index in [1.807, 2.05) is 68.5 Å². The third-order valence-electron chi connectivity index (χ3n) is 4.21. The number of hydrogen-bond acceptors (Lipinski definition) is 5. The largest absolute Gasteiger partial charge is 0.494 e. The van der Waals surface area contributed by atoms with Gasteiger partial charge in [0.2, 0.25) is 0 Å². The van der Waals surface area contributed by atoms with Gasteiger partial charge in [-0.15, -0.1) is 0 Å². The van der Waals surface area contributed by atoms with Crippen LogP contribution in [-0.4, -0.2) is 35.7 Å². The van der Waals surface area contributed by atoms with Crippen LogP contribution in [0.5, 0.6) is 11.5 Å². The molecule has 3 rings (SSSR count). The molecule has 0 radical (unpaired) electrons. The van der Waals surface area contributed by atoms with E-state index >= 15 is 0 Å². The topological polar surface area (TPSA) is 51.1 Å². The number of carbonyl (C=O) groups is 1. The van der Waals surface area contributed by atoms with E-state index in [1.165, 1.54) is 11.8 Å². The predicted octanol–water partition coefficient (Wildman–Crippen LogP) is 5.50. The summed E-state index contributed by atoms with van der Waals surface area (Å²) < 4.78 is 11.2. The molecule has 0 bridgehead atoms. The van der Waals surface area contributed by atoms with E-state index in [0.717, 1.165) is 29.2 Å². The van der Waals surface area contributed by atoms with Gasteiger partial charge in [0.05, 0.1) is 23.8 Å². The van der Waals surface area contributed by atoms with E-state index in [0.29, 0.717) is 29.8 Å². The van der Waals surface area contributed by atoms with Crippen LogP contribution in [0.1, 0.15) is 32.8 Å². The molecule has 0 aromatic heterocycles. The van der Waals surface area contributed by atoms with Gasteiger partial charge in [0.25, 0.3) is 5.91 Å². The minimum atomic E-state index is -0.0205. The summed E-state index contributed by atoms with van der Waals surface area (Å²) in [5.74, 6) is 1.56. The highest BCUT2D eigenvalue weighted by molar-refractivity contribution is 8.18. The van der Waals surface area contributed by atoms with E-state index in [1.54, 1.807) is 4.90 Å². The molecule has 0 spiro atoms. The smallest absolute Gasteiger partial charge is 0.266 e. The summed E-state index contributed by atoms with van der Waals surface area (Å²) >= 11 is 1.40. The molecule has 6 heteroatoms. The fraction of sp³-hybridized carbons (Fsp3) is 0.304. The van der Waals surface area contributed by atoms with Crippen LogP contribution in [0.4, 0.5) is 5.69 Å². The fourth-order valence-electron chi connectivity index (χ4n) is 2.93. The minimum absolute atomic E-state index is 0.0205. The van der Waals surface area contributed by atoms with Crippen LogP contribution in [0.3, 0.4) is 0 Å². The summed E-state index contributed by atoms with van der Waals surface area (Å²) in [5.41, 5.74) is 1.68. The first kappa shape index (κ1) is 21.0. The monoisotopic (exact) mass is 410 g/mol. The van der Waals surface area contributed by atoms with Crippen molar-refractivity contribution < 1.29 is 14.3 Å². The maximum atomic E-state index is 13.0. The Morgan fingerprint density at radius 3 is 2.41 bits per heavy atom. The second kappa shape index (κ2) is 10.2. The first-order chi connectivity index (χ1) is 14.2. The maximum Gasteiger partial charge on any atom is 0.266 e. The van der Waals surface area contributed by atoms with Crippen molar-refractivity contribution in [2.45, 2.75) is 27.2 Å². The number of amidine groups is 1. The van der Waals surface area contributed by atoms with Gasteiger partial charge in [-0.3, -0.25) is 9.69 Å². The predicted molar refractivity (Wildman–Crippen MR) is 120 cm³/mol. The summed E-state index contributed by atoms with van der Waals surface area (Å²) in [5, 5.41) is 0.696. The van der Waals surface area contributed by atoms with Crippen molar-refractivity contribution in [1.29, 1.82) is 0 Å². The second-order valence-corrected chi connectivity index (χ2v) is 7.37. The van der Waals surface area contributed by atoms with Crippen molar-refractivity contribution in [2.75, 3.05) is 19.8 Å². The molecule has 5 nitrogen and oxygen atoms in total. The molecule has 1 fully saturated rings. The minimum Gasteiger partial charge on any atom is -0.494 e. The lowest BCUT2D eigenvalue weighted by Crippen LogP contribution is -2.29. The number of hydrogen-bond donors (Lipinski definition) is 0. The van der Waals surface area contributed by atoms with Crippen molar-refractivity contribution in [3.8, 4) is 11.5 Å². The van der Waals surface area contributed by atoms with Gasteiger partial charge in [0, 0.05) is 12.1 Å². The highest BCUT2D eigenvalue weighted by Gasteiger charge is 2.33. The molecule has 1 aliphatic heterocycles. The van der Waals surface area contributed by atoms with Gasteiger partial charge in [-0.05, 0) is 68.4 Å². The lowest BCUT2D eigenvalue weighted by molar-refractivity contribution is -0.122. The summed E-state index contributed by atoms with van der Waals surface area (Å²) in [4.78, 5) is 20.1. The first-order valence-electron chi connectivity index (χ1n) is 9.91. The van der Waals surface area contributed by atoms with E-state index in [2.05, 4.69) is 6.92 Å². The number of aliphatic imine (C=N–C) groups is 1. The Labute approximate surface area is 176 Å². The zero-order valence-corrected chi connectivity index (χ0v) is 17.9. The number of ether oxygens (including phenoxy) is 2. The van der Waals surface area contributed by atoms with Crippen LogP contribution in [-0.2, 0) is 4.79 Å². The molecular formula is C23H26N2O3S. The number of thioether (sulfide) groups is 1. The molecule has 0 saturated carbocycles. The van der Waals surface area contributed by atoms with Gasteiger partial charge in [-0.1, -0.05) is 25.1 Å². The summed E-state index contributed by atoms with van der Waals surface area (Å²) in [6.07, 6.45) is 2.75. The molecule has 0 atom stereocenters. The van der Waals surface area contributed by atoms with E-state index in [-0.39, 0.29) is 5.91 Å². The Balaban J connectivity index is 1.90. The average Bonchev–Trinajstić information content (AvgIpc) is 3.00. The molecule has 1 aliphatic rings. The average molecular weight is 411 g/mol. The number of rotatable bonds is 8. The van der Waals surface area contributed by atoms with Gasteiger partial charge in [-0.25, -0.2) is 4.99 Å². The Hall–Kier alpha value is -2.73. The van der Waals surface area contributed by atoms with Crippen LogP contribution in [0.25, 0.3) is 6.08 Å². The van der Waals surface area contributed by atoms with Crippen LogP contribution >= 0.6 is 11.8 Å². The van der Waals surface area contributed by atoms with E-state index < -0.39 is 0 Å². The summed E-state index contributed by atoms with van der Waals surface area (Å²) in [7, 11) is 0. The van der Waals surface area contributed by atoms with Crippen LogP contribution in [0.2, 0.25) is 0 Å². The Bertz CT molecular complexity index is 907. The molecule has 152 valence electrons. The van der Waals surface area contributed by atoms with Crippen molar-refractivity contribution in [2.24, 2.45) is 4.99 Å². The van der Waals surface area contributed by atoms with Gasteiger partial charge < -0.3 is 9.47 Å². The fourth-order valence-corrected chi connectivity index (χ4v) is 3.95. The summed E-state index contributed by atoms with van der Waals surface area (Å²) in [6.45, 7) is 7.79. The number of benzene rings is 2. The Morgan fingerprint density at radius 1 is 1.00 bits per heavy atom. The highest BCUT2D eigenvalue weighted by atomic mass is 32.2. The van der Waals surface area contributed by atoms with Crippen LogP contribution in [0, 0.1) is 0 Å². The van der Waals surface area contributed by atoms with Crippen molar-refractivity contribution in [3.63, 3.8) is 0 Å². The van der Waals surface area contributed by atoms with Crippen LogP contribution < -0.4 is 9.47 Å². The standard InChI is InChI=1S/C23H26N2O3S/c1-4-15-25-22(26)21(16-17-9-7-8-10-20(17)28-6-3)29-23(25)24-18-11-13-19(14-12-18)27-5-2/h7-14,16H,4-6,15H2,1-3H3/b21-16+,24-23?. The van der Waals surface area contributed by atoms with Gasteiger partial charge in [0.1, 0.15) is 11.5 Å². The number of nitrogens with zero attached hydrogens (tertiary/aromatic N) is 2. The molecule has 1 heterocycles. The molecule has 0 aliphatic carbocycles. The van der Waals surface area contributed by atoms with E-state index in [4.69, 9.17) is 14.5 Å². The molecule has 1 amide bonds. The summed E-state index contributed by atoms with van der Waals surface area (Å²) in [6, 6.07) is 15.3. The van der Waals surface area contributed by atoms with E-state index in [9.17, 15) is 4.79 Å². The molecular weight excluding hydrogens is 384 g/mol. The first-order valence-corrected chi connectivity index (χ1v) is 10.7. The number of amides is 1. The van der Waals surface area contributed by atoms with Crippen molar-refractivity contribution >= 4 is 34.6 Å². The SMILES string of the molecule is CCCN1C(=O)/C(=C\c2ccccc2OCC)SC1=Nc1ccc(OCC)cc1. The van der Waals surface area contributed by atoms with Gasteiger partial charge in [-0.2, -0.15) is 0 Å². The quantitative estimate of drug-likeness (QED) is 0.539. The third-order valence-corrected chi connectivity index (χ3v) is 5.22. The maximum absolute atomic E-state index is 13.0. The van der Waals surface area contributed by atoms with Crippen molar-refractivity contribution in [3.05, 3.63) is 59.0 Å². The molecule has 29 heavy (non-hydrogen) atoms. The van der Waals surface area contributed by atoms with Crippen molar-refractivity contribution in [1.82, 2.24) is 4.90 Å². The Morgan fingerprint density at radius 2 is 1.72 bits per heavy atom. The van der Waals surface area contributed by atoms with Gasteiger partial charge in [0.15, 0.2) is 5.17 Å². The third kappa shape index (κ3) is 5.21. The Kier molecular flexibility index (Phi) is 7.36. The molecule has 0 N–H and O–H groups in total. The van der Waals surface area contributed by atoms with Crippen LogP contribution in [0.15, 0.2) is 58.4 Å². The normalized spacial score (nSPS) is 16.7. The lowest BCUT2D eigenvalue weighted by Gasteiger charge is -2.14. The second-order valence-electron chi connectivity index (χ2n) is 6.36. The number of carbonyl (C=O) groups excluding carboxylic acids is 1. The molecule has 1 saturated heterocycles. The molecule has 2 aromatic rings. The van der Waals surface area contributed by atoms with Gasteiger partial charge >= 0.3 is 0 Å². The lowest BCUT2D eigenvalue weighted by atomic mass is 10.2. The highest BCUT2D eigenvalue weighted by Crippen LogP contribution is 2.35. The zero-order chi connectivity index (χ0) is 20.6. The number of para-hydroxylation sites is 1. The molecule has 2 aromatic carbocycles.